The van der Waals surface area contributed by atoms with E-state index < -0.39 is 0 Å². The molecule has 0 aromatic heterocycles. The number of Topliss-reactive ketones (excluding diaryl/α,β-unsaturated/α-hetero) is 1. The van der Waals surface area contributed by atoms with Crippen LogP contribution in [0.3, 0.4) is 0 Å². The summed E-state index contributed by atoms with van der Waals surface area (Å²) in [6.07, 6.45) is 0. The zero-order valence-corrected chi connectivity index (χ0v) is 8.79. The van der Waals surface area contributed by atoms with Crippen LogP contribution in [-0.4, -0.2) is 11.8 Å². The summed E-state index contributed by atoms with van der Waals surface area (Å²) < 4.78 is 0. The number of para-hydroxylation sites is 1. The van der Waals surface area contributed by atoms with Crippen molar-refractivity contribution in [2.45, 2.75) is 26.8 Å². The monoisotopic (exact) mass is 189 g/mol. The highest BCUT2D eigenvalue weighted by Crippen LogP contribution is 2.30. The van der Waals surface area contributed by atoms with E-state index >= 15 is 0 Å². The van der Waals surface area contributed by atoms with Crippen LogP contribution in [0.15, 0.2) is 18.2 Å². The van der Waals surface area contributed by atoms with Crippen molar-refractivity contribution in [1.82, 2.24) is 0 Å². The summed E-state index contributed by atoms with van der Waals surface area (Å²) in [5, 5.41) is 3.39. The second-order valence-corrected chi connectivity index (χ2v) is 4.08. The Balaban J connectivity index is 2.56. The largest absolute Gasteiger partial charge is 0.381 e. The Morgan fingerprint density at radius 3 is 2.71 bits per heavy atom. The van der Waals surface area contributed by atoms with Gasteiger partial charge in [0.1, 0.15) is 0 Å². The number of hydrogen-bond acceptors (Lipinski definition) is 2. The average Bonchev–Trinajstić information content (AvgIpc) is 2.17. The van der Waals surface area contributed by atoms with Gasteiger partial charge in [0.15, 0.2) is 5.78 Å². The van der Waals surface area contributed by atoms with Crippen molar-refractivity contribution >= 4 is 11.5 Å². The van der Waals surface area contributed by atoms with Gasteiger partial charge in [-0.1, -0.05) is 19.1 Å². The second kappa shape index (κ2) is 3.12. The molecule has 2 atom stereocenters. The number of fused-ring (bicyclic) bond motifs is 1. The fraction of sp³-hybridized carbons (Fsp3) is 0.417. The van der Waals surface area contributed by atoms with Crippen molar-refractivity contribution in [2.75, 3.05) is 5.32 Å². The van der Waals surface area contributed by atoms with Crippen LogP contribution in [0, 0.1) is 12.8 Å². The molecule has 0 bridgehead atoms. The molecule has 1 N–H and O–H groups in total. The lowest BCUT2D eigenvalue weighted by Crippen LogP contribution is -2.35. The molecule has 2 unspecified atom stereocenters. The molecular weight excluding hydrogens is 174 g/mol. The molecule has 0 fully saturated rings. The first-order valence-corrected chi connectivity index (χ1v) is 5.01. The molecule has 1 aromatic carbocycles. The molecule has 0 saturated heterocycles. The number of benzene rings is 1. The molecule has 1 heterocycles. The summed E-state index contributed by atoms with van der Waals surface area (Å²) in [5.41, 5.74) is 3.01. The highest BCUT2D eigenvalue weighted by Gasteiger charge is 2.29. The van der Waals surface area contributed by atoms with Crippen LogP contribution in [0.2, 0.25) is 0 Å². The minimum absolute atomic E-state index is 0.0734. The van der Waals surface area contributed by atoms with Crippen molar-refractivity contribution in [3.8, 4) is 0 Å². The van der Waals surface area contributed by atoms with E-state index in [9.17, 15) is 4.79 Å². The maximum atomic E-state index is 11.9. The fourth-order valence-electron chi connectivity index (χ4n) is 1.89. The van der Waals surface area contributed by atoms with E-state index in [-0.39, 0.29) is 17.7 Å². The first-order valence-electron chi connectivity index (χ1n) is 5.01. The van der Waals surface area contributed by atoms with Crippen LogP contribution in [0.4, 0.5) is 5.69 Å². The van der Waals surface area contributed by atoms with Crippen LogP contribution in [0.25, 0.3) is 0 Å². The van der Waals surface area contributed by atoms with Crippen molar-refractivity contribution in [1.29, 1.82) is 0 Å². The molecule has 0 amide bonds. The van der Waals surface area contributed by atoms with Gasteiger partial charge in [-0.3, -0.25) is 4.79 Å². The van der Waals surface area contributed by atoms with E-state index in [1.807, 2.05) is 32.0 Å². The molecule has 2 nitrogen and oxygen atoms in total. The van der Waals surface area contributed by atoms with E-state index in [0.717, 1.165) is 16.8 Å². The summed E-state index contributed by atoms with van der Waals surface area (Å²) in [5.74, 6) is 0.333. The van der Waals surface area contributed by atoms with Gasteiger partial charge in [0.25, 0.3) is 0 Å². The predicted molar refractivity (Wildman–Crippen MR) is 57.8 cm³/mol. The molecule has 1 aromatic rings. The second-order valence-electron chi connectivity index (χ2n) is 4.08. The standard InChI is InChI=1S/C12H15NO/c1-7-5-4-6-10-11(7)13-9(3)8(2)12(10)14/h4-6,8-9,13H,1-3H3. The van der Waals surface area contributed by atoms with E-state index in [4.69, 9.17) is 0 Å². The summed E-state index contributed by atoms with van der Waals surface area (Å²) in [4.78, 5) is 11.9. The first kappa shape index (κ1) is 9.25. The Bertz CT molecular complexity index is 384. The van der Waals surface area contributed by atoms with Gasteiger partial charge < -0.3 is 5.32 Å². The van der Waals surface area contributed by atoms with Gasteiger partial charge in [0.05, 0.1) is 0 Å². The van der Waals surface area contributed by atoms with Gasteiger partial charge in [-0.05, 0) is 25.5 Å². The SMILES string of the molecule is Cc1cccc2c1NC(C)C(C)C2=O. The van der Waals surface area contributed by atoms with Gasteiger partial charge in [0, 0.05) is 23.2 Å². The van der Waals surface area contributed by atoms with E-state index in [1.165, 1.54) is 0 Å². The third-order valence-electron chi connectivity index (χ3n) is 3.07. The molecule has 0 aliphatic carbocycles. The molecule has 1 aliphatic heterocycles. The zero-order chi connectivity index (χ0) is 10.3. The minimum atomic E-state index is 0.0734. The van der Waals surface area contributed by atoms with Crippen molar-refractivity contribution in [2.24, 2.45) is 5.92 Å². The Morgan fingerprint density at radius 2 is 2.00 bits per heavy atom. The van der Waals surface area contributed by atoms with Gasteiger partial charge >= 0.3 is 0 Å². The van der Waals surface area contributed by atoms with Gasteiger partial charge in [-0.25, -0.2) is 0 Å². The molecule has 0 spiro atoms. The van der Waals surface area contributed by atoms with E-state index in [0.29, 0.717) is 0 Å². The number of ketones is 1. The van der Waals surface area contributed by atoms with Crippen LogP contribution < -0.4 is 5.32 Å². The molecule has 1 aliphatic rings. The van der Waals surface area contributed by atoms with Gasteiger partial charge in [0.2, 0.25) is 0 Å². The number of rotatable bonds is 0. The summed E-state index contributed by atoms with van der Waals surface area (Å²) in [7, 11) is 0. The van der Waals surface area contributed by atoms with Crippen molar-refractivity contribution < 1.29 is 4.79 Å². The molecule has 2 rings (SSSR count). The van der Waals surface area contributed by atoms with Crippen molar-refractivity contribution in [3.05, 3.63) is 29.3 Å². The van der Waals surface area contributed by atoms with Crippen LogP contribution in [0.5, 0.6) is 0 Å². The minimum Gasteiger partial charge on any atom is -0.381 e. The van der Waals surface area contributed by atoms with Crippen LogP contribution in [-0.2, 0) is 0 Å². The smallest absolute Gasteiger partial charge is 0.169 e. The van der Waals surface area contributed by atoms with Gasteiger partial charge in [-0.15, -0.1) is 0 Å². The first-order chi connectivity index (χ1) is 6.61. The molecule has 0 radical (unpaired) electrons. The predicted octanol–water partition coefficient (Wildman–Crippen LogP) is 2.63. The maximum Gasteiger partial charge on any atom is 0.169 e. The number of carbonyl (C=O) groups is 1. The normalized spacial score (nSPS) is 25.5. The number of carbonyl (C=O) groups excluding carboxylic acids is 1. The lowest BCUT2D eigenvalue weighted by Gasteiger charge is -2.29. The highest BCUT2D eigenvalue weighted by atomic mass is 16.1. The number of nitrogens with one attached hydrogen (secondary N) is 1. The summed E-state index contributed by atoms with van der Waals surface area (Å²) in [6, 6.07) is 6.11. The van der Waals surface area contributed by atoms with Crippen molar-refractivity contribution in [3.63, 3.8) is 0 Å². The van der Waals surface area contributed by atoms with E-state index in [2.05, 4.69) is 12.2 Å². The van der Waals surface area contributed by atoms with Crippen LogP contribution in [0.1, 0.15) is 29.8 Å². The molecule has 0 saturated carbocycles. The lowest BCUT2D eigenvalue weighted by molar-refractivity contribution is 0.0915. The van der Waals surface area contributed by atoms with Gasteiger partial charge in [-0.2, -0.15) is 0 Å². The topological polar surface area (TPSA) is 29.1 Å². The zero-order valence-electron chi connectivity index (χ0n) is 8.79. The Kier molecular flexibility index (Phi) is 2.06. The molecule has 2 heteroatoms. The average molecular weight is 189 g/mol. The number of hydrogen-bond donors (Lipinski definition) is 1. The van der Waals surface area contributed by atoms with E-state index in [1.54, 1.807) is 0 Å². The Hall–Kier alpha value is -1.31. The number of anilines is 1. The fourth-order valence-corrected chi connectivity index (χ4v) is 1.89. The Labute approximate surface area is 84.3 Å². The quantitative estimate of drug-likeness (QED) is 0.679. The number of aryl methyl sites for hydroxylation is 1. The lowest BCUT2D eigenvalue weighted by atomic mass is 9.87. The Morgan fingerprint density at radius 1 is 1.29 bits per heavy atom. The molecule has 74 valence electrons. The highest BCUT2D eigenvalue weighted by molar-refractivity contribution is 6.05. The summed E-state index contributed by atoms with van der Waals surface area (Å²) >= 11 is 0. The third kappa shape index (κ3) is 1.22. The van der Waals surface area contributed by atoms with Crippen LogP contribution >= 0.6 is 0 Å². The maximum absolute atomic E-state index is 11.9. The molecular formula is C12H15NO. The molecule has 14 heavy (non-hydrogen) atoms. The summed E-state index contributed by atoms with van der Waals surface area (Å²) in [6.45, 7) is 6.06. The third-order valence-corrected chi connectivity index (χ3v) is 3.07.